The van der Waals surface area contributed by atoms with Gasteiger partial charge in [-0.3, -0.25) is 4.79 Å². The molecular formula is C11H22O2. The van der Waals surface area contributed by atoms with Gasteiger partial charge >= 0.3 is 0 Å². The molecule has 0 aromatic heterocycles. The zero-order chi connectivity index (χ0) is 10.1. The quantitative estimate of drug-likeness (QED) is 0.582. The third-order valence-electron chi connectivity index (χ3n) is 2.36. The molecule has 0 aliphatic heterocycles. The maximum Gasteiger partial charge on any atom is 0.158 e. The average molecular weight is 186 g/mol. The number of carbonyl (C=O) groups is 1. The van der Waals surface area contributed by atoms with Crippen LogP contribution in [0, 0.1) is 5.92 Å². The summed E-state index contributed by atoms with van der Waals surface area (Å²) in [4.78, 5) is 11.3. The van der Waals surface area contributed by atoms with E-state index in [2.05, 4.69) is 13.8 Å². The second kappa shape index (κ2) is 8.24. The first-order chi connectivity index (χ1) is 6.24. The van der Waals surface area contributed by atoms with E-state index >= 15 is 0 Å². The summed E-state index contributed by atoms with van der Waals surface area (Å²) in [6.07, 6.45) is 5.44. The zero-order valence-electron chi connectivity index (χ0n) is 9.14. The Kier molecular flexibility index (Phi) is 8.00. The fourth-order valence-electron chi connectivity index (χ4n) is 1.49. The number of methoxy groups -OCH3 is 1. The summed E-state index contributed by atoms with van der Waals surface area (Å²) in [5.41, 5.74) is 0. The predicted octanol–water partition coefficient (Wildman–Crippen LogP) is 2.81. The number of ketones is 1. The van der Waals surface area contributed by atoms with Crippen molar-refractivity contribution in [2.24, 2.45) is 5.92 Å². The Morgan fingerprint density at radius 1 is 1.38 bits per heavy atom. The van der Waals surface area contributed by atoms with Gasteiger partial charge in [-0.15, -0.1) is 0 Å². The van der Waals surface area contributed by atoms with Crippen molar-refractivity contribution in [2.75, 3.05) is 13.7 Å². The molecule has 78 valence electrons. The van der Waals surface area contributed by atoms with Gasteiger partial charge in [0, 0.05) is 13.5 Å². The highest BCUT2D eigenvalue weighted by molar-refractivity contribution is 5.79. The molecule has 0 aromatic rings. The molecule has 0 spiro atoms. The lowest BCUT2D eigenvalue weighted by atomic mass is 9.94. The predicted molar refractivity (Wildman–Crippen MR) is 54.8 cm³/mol. The second-order valence-corrected chi connectivity index (χ2v) is 3.59. The molecule has 13 heavy (non-hydrogen) atoms. The van der Waals surface area contributed by atoms with Crippen molar-refractivity contribution in [3.8, 4) is 0 Å². The number of hydrogen-bond donors (Lipinski definition) is 0. The molecule has 0 radical (unpaired) electrons. The number of carbonyl (C=O) groups excluding carboxylic acids is 1. The third kappa shape index (κ3) is 6.76. The van der Waals surface area contributed by atoms with Gasteiger partial charge in [0.15, 0.2) is 5.78 Å². The molecule has 0 aromatic carbocycles. The van der Waals surface area contributed by atoms with Crippen molar-refractivity contribution in [2.45, 2.75) is 46.0 Å². The Bertz CT molecular complexity index is 132. The Hall–Kier alpha value is -0.370. The zero-order valence-corrected chi connectivity index (χ0v) is 9.14. The average Bonchev–Trinajstić information content (AvgIpc) is 2.12. The summed E-state index contributed by atoms with van der Waals surface area (Å²) in [5, 5.41) is 0. The Balaban J connectivity index is 3.62. The van der Waals surface area contributed by atoms with Gasteiger partial charge in [0.05, 0.1) is 0 Å². The van der Waals surface area contributed by atoms with Crippen LogP contribution in [0.15, 0.2) is 0 Å². The maximum atomic E-state index is 11.3. The van der Waals surface area contributed by atoms with Crippen molar-refractivity contribution in [1.29, 1.82) is 0 Å². The van der Waals surface area contributed by atoms with Crippen LogP contribution in [0.1, 0.15) is 46.0 Å². The summed E-state index contributed by atoms with van der Waals surface area (Å²) in [7, 11) is 1.57. The molecule has 0 saturated heterocycles. The second-order valence-electron chi connectivity index (χ2n) is 3.59. The standard InChI is InChI=1S/C11H22O2/c1-4-6-7-10(5-2)8-11(12)9-13-3/h10H,4-9H2,1-3H3. The molecule has 0 amide bonds. The summed E-state index contributed by atoms with van der Waals surface area (Å²) < 4.78 is 4.80. The molecule has 0 bridgehead atoms. The minimum atomic E-state index is 0.241. The molecule has 0 saturated carbocycles. The van der Waals surface area contributed by atoms with E-state index < -0.39 is 0 Å². The van der Waals surface area contributed by atoms with E-state index in [1.54, 1.807) is 7.11 Å². The first-order valence-corrected chi connectivity index (χ1v) is 5.25. The van der Waals surface area contributed by atoms with Gasteiger partial charge in [-0.05, 0) is 5.92 Å². The Morgan fingerprint density at radius 3 is 2.54 bits per heavy atom. The van der Waals surface area contributed by atoms with Crippen LogP contribution in [0.5, 0.6) is 0 Å². The van der Waals surface area contributed by atoms with Crippen LogP contribution >= 0.6 is 0 Å². The minimum Gasteiger partial charge on any atom is -0.377 e. The van der Waals surface area contributed by atoms with E-state index in [9.17, 15) is 4.79 Å². The fourth-order valence-corrected chi connectivity index (χ4v) is 1.49. The molecule has 1 atom stereocenters. The fraction of sp³-hybridized carbons (Fsp3) is 0.909. The van der Waals surface area contributed by atoms with Crippen LogP contribution in [0.25, 0.3) is 0 Å². The summed E-state index contributed by atoms with van der Waals surface area (Å²) in [6.45, 7) is 4.62. The van der Waals surface area contributed by atoms with E-state index in [4.69, 9.17) is 4.74 Å². The highest BCUT2D eigenvalue weighted by Crippen LogP contribution is 2.16. The van der Waals surface area contributed by atoms with Crippen molar-refractivity contribution < 1.29 is 9.53 Å². The van der Waals surface area contributed by atoms with E-state index in [1.165, 1.54) is 19.3 Å². The van der Waals surface area contributed by atoms with Crippen molar-refractivity contribution in [1.82, 2.24) is 0 Å². The van der Waals surface area contributed by atoms with Gasteiger partial charge in [-0.25, -0.2) is 0 Å². The van der Waals surface area contributed by atoms with Crippen LogP contribution in [-0.4, -0.2) is 19.5 Å². The SMILES string of the molecule is CCCCC(CC)CC(=O)COC. The number of unbranched alkanes of at least 4 members (excludes halogenated alkanes) is 1. The summed E-state index contributed by atoms with van der Waals surface area (Å²) >= 11 is 0. The highest BCUT2D eigenvalue weighted by Gasteiger charge is 2.10. The molecule has 0 fully saturated rings. The van der Waals surface area contributed by atoms with Crippen LogP contribution in [0.3, 0.4) is 0 Å². The molecule has 2 heteroatoms. The summed E-state index contributed by atoms with van der Waals surface area (Å²) in [6, 6.07) is 0. The highest BCUT2D eigenvalue weighted by atomic mass is 16.5. The van der Waals surface area contributed by atoms with Gasteiger partial charge in [0.25, 0.3) is 0 Å². The van der Waals surface area contributed by atoms with Crippen LogP contribution in [0.4, 0.5) is 0 Å². The third-order valence-corrected chi connectivity index (χ3v) is 2.36. The Labute approximate surface area is 81.7 Å². The molecule has 2 nitrogen and oxygen atoms in total. The molecule has 0 rings (SSSR count). The molecule has 0 aliphatic rings. The smallest absolute Gasteiger partial charge is 0.158 e. The Morgan fingerprint density at radius 2 is 2.08 bits per heavy atom. The lowest BCUT2D eigenvalue weighted by molar-refractivity contribution is -0.123. The van der Waals surface area contributed by atoms with Crippen LogP contribution < -0.4 is 0 Å². The van der Waals surface area contributed by atoms with Gasteiger partial charge in [-0.1, -0.05) is 39.5 Å². The van der Waals surface area contributed by atoms with E-state index in [1.807, 2.05) is 0 Å². The molecule has 0 heterocycles. The van der Waals surface area contributed by atoms with Crippen molar-refractivity contribution in [3.63, 3.8) is 0 Å². The van der Waals surface area contributed by atoms with Crippen LogP contribution in [-0.2, 0) is 9.53 Å². The van der Waals surface area contributed by atoms with Crippen molar-refractivity contribution >= 4 is 5.78 Å². The topological polar surface area (TPSA) is 26.3 Å². The van der Waals surface area contributed by atoms with Crippen molar-refractivity contribution in [3.05, 3.63) is 0 Å². The minimum absolute atomic E-state index is 0.241. The number of Topliss-reactive ketones (excluding diaryl/α,β-unsaturated/α-hetero) is 1. The first kappa shape index (κ1) is 12.6. The molecular weight excluding hydrogens is 164 g/mol. The first-order valence-electron chi connectivity index (χ1n) is 5.25. The monoisotopic (exact) mass is 186 g/mol. The summed E-state index contributed by atoms with van der Waals surface area (Å²) in [5.74, 6) is 0.813. The number of hydrogen-bond acceptors (Lipinski definition) is 2. The lowest BCUT2D eigenvalue weighted by Gasteiger charge is -2.12. The number of ether oxygens (including phenoxy) is 1. The lowest BCUT2D eigenvalue weighted by Crippen LogP contribution is -2.12. The van der Waals surface area contributed by atoms with Gasteiger partial charge in [0.2, 0.25) is 0 Å². The van der Waals surface area contributed by atoms with Gasteiger partial charge in [-0.2, -0.15) is 0 Å². The van der Waals surface area contributed by atoms with Crippen LogP contribution in [0.2, 0.25) is 0 Å². The number of rotatable bonds is 8. The van der Waals surface area contributed by atoms with E-state index in [0.29, 0.717) is 12.3 Å². The van der Waals surface area contributed by atoms with Gasteiger partial charge in [0.1, 0.15) is 6.61 Å². The normalized spacial score (nSPS) is 12.8. The molecule has 1 unspecified atom stereocenters. The largest absolute Gasteiger partial charge is 0.377 e. The van der Waals surface area contributed by atoms with Gasteiger partial charge < -0.3 is 4.74 Å². The maximum absolute atomic E-state index is 11.3. The van der Waals surface area contributed by atoms with E-state index in [0.717, 1.165) is 6.42 Å². The van der Waals surface area contributed by atoms with E-state index in [-0.39, 0.29) is 12.4 Å². The molecule has 0 aliphatic carbocycles. The molecule has 0 N–H and O–H groups in total.